The third kappa shape index (κ3) is 4.06. The van der Waals surface area contributed by atoms with Gasteiger partial charge in [0.2, 0.25) is 5.91 Å². The normalized spacial score (nSPS) is 17.2. The number of rotatable bonds is 5. The standard InChI is InChI=1S/C21H21N3O2S/c25-20(11-10-19-23-16-7-1-2-9-18(16)27-19)24-13-5-6-15(14-24)21(26)17-8-3-4-12-22-17/h1-4,7-9,12,15H,5-6,10-11,13-14H2. The number of aryl methyl sites for hydroxylation is 1. The Morgan fingerprint density at radius 1 is 1.15 bits per heavy atom. The van der Waals surface area contributed by atoms with E-state index >= 15 is 0 Å². The molecule has 1 saturated heterocycles. The van der Waals surface area contributed by atoms with Crippen LogP contribution in [0.25, 0.3) is 10.2 Å². The van der Waals surface area contributed by atoms with Crippen LogP contribution in [0.3, 0.4) is 0 Å². The van der Waals surface area contributed by atoms with E-state index in [4.69, 9.17) is 0 Å². The smallest absolute Gasteiger partial charge is 0.223 e. The molecule has 0 aliphatic carbocycles. The van der Waals surface area contributed by atoms with Crippen molar-refractivity contribution in [3.8, 4) is 0 Å². The molecule has 6 heteroatoms. The second-order valence-corrected chi connectivity index (χ2v) is 7.95. The fourth-order valence-electron chi connectivity index (χ4n) is 3.53. The number of hydrogen-bond acceptors (Lipinski definition) is 5. The van der Waals surface area contributed by atoms with Crippen molar-refractivity contribution < 1.29 is 9.59 Å². The van der Waals surface area contributed by atoms with Crippen molar-refractivity contribution in [3.05, 3.63) is 59.4 Å². The third-order valence-corrected chi connectivity index (χ3v) is 6.05. The van der Waals surface area contributed by atoms with Gasteiger partial charge in [0.1, 0.15) is 5.69 Å². The second-order valence-electron chi connectivity index (χ2n) is 6.83. The van der Waals surface area contributed by atoms with Gasteiger partial charge in [0.05, 0.1) is 15.2 Å². The Morgan fingerprint density at radius 3 is 2.81 bits per heavy atom. The molecule has 1 amide bonds. The highest BCUT2D eigenvalue weighted by atomic mass is 32.1. The lowest BCUT2D eigenvalue weighted by atomic mass is 9.91. The van der Waals surface area contributed by atoms with Crippen LogP contribution in [0, 0.1) is 5.92 Å². The Morgan fingerprint density at radius 2 is 2.00 bits per heavy atom. The van der Waals surface area contributed by atoms with Gasteiger partial charge in [-0.1, -0.05) is 18.2 Å². The lowest BCUT2D eigenvalue weighted by Gasteiger charge is -2.32. The van der Waals surface area contributed by atoms with E-state index in [-0.39, 0.29) is 17.6 Å². The average Bonchev–Trinajstić information content (AvgIpc) is 3.15. The number of nitrogens with zero attached hydrogens (tertiary/aromatic N) is 3. The van der Waals surface area contributed by atoms with Crippen LogP contribution >= 0.6 is 11.3 Å². The largest absolute Gasteiger partial charge is 0.342 e. The molecule has 0 spiro atoms. The molecule has 4 rings (SSSR count). The Labute approximate surface area is 162 Å². The molecule has 0 bridgehead atoms. The van der Waals surface area contributed by atoms with Crippen LogP contribution in [-0.4, -0.2) is 39.6 Å². The Bertz CT molecular complexity index is 921. The molecule has 0 saturated carbocycles. The van der Waals surface area contributed by atoms with Gasteiger partial charge in [0.25, 0.3) is 0 Å². The molecule has 1 aliphatic rings. The maximum absolute atomic E-state index is 12.7. The summed E-state index contributed by atoms with van der Waals surface area (Å²) in [6, 6.07) is 13.4. The number of carbonyl (C=O) groups excluding carboxylic acids is 2. The first-order valence-corrected chi connectivity index (χ1v) is 10.1. The van der Waals surface area contributed by atoms with Crippen LogP contribution in [0.1, 0.15) is 34.8 Å². The summed E-state index contributed by atoms with van der Waals surface area (Å²) in [7, 11) is 0. The molecule has 1 fully saturated rings. The number of amides is 1. The minimum atomic E-state index is -0.153. The van der Waals surface area contributed by atoms with Crippen LogP contribution in [0.2, 0.25) is 0 Å². The zero-order valence-electron chi connectivity index (χ0n) is 15.0. The Balaban J connectivity index is 1.36. The number of carbonyl (C=O) groups is 2. The molecule has 1 atom stereocenters. The number of piperidine rings is 1. The Hall–Kier alpha value is -2.60. The summed E-state index contributed by atoms with van der Waals surface area (Å²) in [6.45, 7) is 1.22. The fraction of sp³-hybridized carbons (Fsp3) is 0.333. The van der Waals surface area contributed by atoms with E-state index in [0.717, 1.165) is 34.6 Å². The lowest BCUT2D eigenvalue weighted by Crippen LogP contribution is -2.42. The molecular formula is C21H21N3O2S. The van der Waals surface area contributed by atoms with E-state index in [2.05, 4.69) is 16.0 Å². The molecule has 2 aromatic heterocycles. The molecule has 5 nitrogen and oxygen atoms in total. The van der Waals surface area contributed by atoms with E-state index in [9.17, 15) is 9.59 Å². The van der Waals surface area contributed by atoms with Gasteiger partial charge >= 0.3 is 0 Å². The molecular weight excluding hydrogens is 358 g/mol. The van der Waals surface area contributed by atoms with Gasteiger partial charge in [0, 0.05) is 38.0 Å². The molecule has 1 aliphatic heterocycles. The SMILES string of the molecule is O=C(c1ccccn1)C1CCCN(C(=O)CCc2nc3ccccc3s2)C1. The number of hydrogen-bond donors (Lipinski definition) is 0. The second kappa shape index (κ2) is 7.96. The molecule has 138 valence electrons. The first kappa shape index (κ1) is 17.8. The van der Waals surface area contributed by atoms with Gasteiger partial charge < -0.3 is 4.90 Å². The summed E-state index contributed by atoms with van der Waals surface area (Å²) in [5, 5.41) is 0.989. The number of fused-ring (bicyclic) bond motifs is 1. The minimum absolute atomic E-state index is 0.0410. The van der Waals surface area contributed by atoms with E-state index in [1.807, 2.05) is 29.2 Å². The van der Waals surface area contributed by atoms with E-state index in [1.165, 1.54) is 0 Å². The van der Waals surface area contributed by atoms with Gasteiger partial charge in [-0.05, 0) is 37.1 Å². The van der Waals surface area contributed by atoms with Gasteiger partial charge in [-0.25, -0.2) is 4.98 Å². The van der Waals surface area contributed by atoms with Crippen molar-refractivity contribution in [2.24, 2.45) is 5.92 Å². The molecule has 1 unspecified atom stereocenters. The predicted octanol–water partition coefficient (Wildman–Crippen LogP) is 3.75. The summed E-state index contributed by atoms with van der Waals surface area (Å²) in [6.07, 6.45) is 4.39. The summed E-state index contributed by atoms with van der Waals surface area (Å²) in [5.41, 5.74) is 1.48. The number of thiazole rings is 1. The Kier molecular flexibility index (Phi) is 5.25. The van der Waals surface area contributed by atoms with Crippen LogP contribution in [0.4, 0.5) is 0 Å². The number of Topliss-reactive ketones (excluding diaryl/α,β-unsaturated/α-hetero) is 1. The van der Waals surface area contributed by atoms with Crippen LogP contribution in [0.15, 0.2) is 48.7 Å². The molecule has 3 aromatic rings. The number of ketones is 1. The van der Waals surface area contributed by atoms with E-state index in [0.29, 0.717) is 25.1 Å². The highest BCUT2D eigenvalue weighted by Gasteiger charge is 2.29. The lowest BCUT2D eigenvalue weighted by molar-refractivity contribution is -0.132. The van der Waals surface area contributed by atoms with Crippen LogP contribution in [0.5, 0.6) is 0 Å². The quantitative estimate of drug-likeness (QED) is 0.634. The summed E-state index contributed by atoms with van der Waals surface area (Å²) in [5.74, 6) is -0.00731. The molecule has 1 aromatic carbocycles. The van der Waals surface area contributed by atoms with Gasteiger partial charge in [0.15, 0.2) is 5.78 Å². The number of pyridine rings is 1. The first-order chi connectivity index (χ1) is 13.2. The van der Waals surface area contributed by atoms with Crippen molar-refractivity contribution in [3.63, 3.8) is 0 Å². The van der Waals surface area contributed by atoms with Gasteiger partial charge in [-0.3, -0.25) is 14.6 Å². The average molecular weight is 379 g/mol. The molecule has 0 N–H and O–H groups in total. The number of benzene rings is 1. The van der Waals surface area contributed by atoms with Crippen molar-refractivity contribution in [2.45, 2.75) is 25.7 Å². The van der Waals surface area contributed by atoms with E-state index in [1.54, 1.807) is 29.7 Å². The summed E-state index contributed by atoms with van der Waals surface area (Å²) >= 11 is 1.64. The predicted molar refractivity (Wildman–Crippen MR) is 106 cm³/mol. The maximum Gasteiger partial charge on any atom is 0.223 e. The number of para-hydroxylation sites is 1. The van der Waals surface area contributed by atoms with E-state index < -0.39 is 0 Å². The van der Waals surface area contributed by atoms with Crippen molar-refractivity contribution in [2.75, 3.05) is 13.1 Å². The molecule has 27 heavy (non-hydrogen) atoms. The van der Waals surface area contributed by atoms with Crippen LogP contribution in [-0.2, 0) is 11.2 Å². The van der Waals surface area contributed by atoms with Crippen molar-refractivity contribution in [1.82, 2.24) is 14.9 Å². The first-order valence-electron chi connectivity index (χ1n) is 9.28. The molecule has 3 heterocycles. The van der Waals surface area contributed by atoms with Crippen molar-refractivity contribution >= 4 is 33.2 Å². The molecule has 0 radical (unpaired) electrons. The number of likely N-dealkylation sites (tertiary alicyclic amines) is 1. The topological polar surface area (TPSA) is 63.2 Å². The summed E-state index contributed by atoms with van der Waals surface area (Å²) < 4.78 is 1.15. The zero-order chi connectivity index (χ0) is 18.6. The zero-order valence-corrected chi connectivity index (χ0v) is 15.8. The van der Waals surface area contributed by atoms with Crippen molar-refractivity contribution in [1.29, 1.82) is 0 Å². The van der Waals surface area contributed by atoms with Crippen LogP contribution < -0.4 is 0 Å². The maximum atomic E-state index is 12.7. The van der Waals surface area contributed by atoms with Gasteiger partial charge in [-0.2, -0.15) is 0 Å². The minimum Gasteiger partial charge on any atom is -0.342 e. The fourth-order valence-corrected chi connectivity index (χ4v) is 4.50. The number of aromatic nitrogens is 2. The third-order valence-electron chi connectivity index (χ3n) is 4.95. The monoisotopic (exact) mass is 379 g/mol. The summed E-state index contributed by atoms with van der Waals surface area (Å²) in [4.78, 5) is 35.9. The highest BCUT2D eigenvalue weighted by Crippen LogP contribution is 2.24. The highest BCUT2D eigenvalue weighted by molar-refractivity contribution is 7.18. The van der Waals surface area contributed by atoms with Gasteiger partial charge in [-0.15, -0.1) is 11.3 Å².